The van der Waals surface area contributed by atoms with Gasteiger partial charge in [-0.15, -0.1) is 11.3 Å². The number of thiophene rings is 1. The van der Waals surface area contributed by atoms with Gasteiger partial charge in [0, 0.05) is 26.3 Å². The fraction of sp³-hybridized carbons (Fsp3) is 0.231. The monoisotopic (exact) mass is 295 g/mol. The molecule has 84 valence electrons. The molecule has 1 heterocycles. The normalized spacial score (nSPS) is 10.7. The molecule has 16 heavy (non-hydrogen) atoms. The van der Waals surface area contributed by atoms with Gasteiger partial charge in [0.2, 0.25) is 0 Å². The van der Waals surface area contributed by atoms with Crippen molar-refractivity contribution in [2.75, 3.05) is 7.05 Å². The van der Waals surface area contributed by atoms with E-state index < -0.39 is 0 Å². The summed E-state index contributed by atoms with van der Waals surface area (Å²) in [5.41, 5.74) is 2.56. The van der Waals surface area contributed by atoms with Crippen LogP contribution in [-0.4, -0.2) is 7.05 Å². The van der Waals surface area contributed by atoms with Gasteiger partial charge in [-0.25, -0.2) is 0 Å². The van der Waals surface area contributed by atoms with Crippen LogP contribution in [0.5, 0.6) is 0 Å². The van der Waals surface area contributed by atoms with Gasteiger partial charge in [0.05, 0.1) is 0 Å². The predicted octanol–water partition coefficient (Wildman–Crippen LogP) is 4.21. The van der Waals surface area contributed by atoms with Crippen molar-refractivity contribution in [3.63, 3.8) is 0 Å². The third-order valence-corrected chi connectivity index (χ3v) is 4.64. The van der Waals surface area contributed by atoms with E-state index in [1.165, 1.54) is 25.4 Å². The van der Waals surface area contributed by atoms with Crippen LogP contribution >= 0.6 is 27.3 Å². The predicted molar refractivity (Wildman–Crippen MR) is 75.0 cm³/mol. The van der Waals surface area contributed by atoms with Crippen LogP contribution in [-0.2, 0) is 6.54 Å². The van der Waals surface area contributed by atoms with Crippen molar-refractivity contribution >= 4 is 27.3 Å². The molecule has 0 aliphatic rings. The highest BCUT2D eigenvalue weighted by Gasteiger charge is 2.07. The molecule has 1 N–H and O–H groups in total. The highest BCUT2D eigenvalue weighted by molar-refractivity contribution is 9.10. The Morgan fingerprint density at radius 1 is 1.25 bits per heavy atom. The van der Waals surface area contributed by atoms with E-state index in [-0.39, 0.29) is 0 Å². The minimum atomic E-state index is 0.939. The van der Waals surface area contributed by atoms with Crippen LogP contribution in [0.1, 0.15) is 10.4 Å². The fourth-order valence-electron chi connectivity index (χ4n) is 1.63. The van der Waals surface area contributed by atoms with E-state index >= 15 is 0 Å². The summed E-state index contributed by atoms with van der Waals surface area (Å²) in [7, 11) is 1.97. The minimum absolute atomic E-state index is 0.939. The first-order valence-electron chi connectivity index (χ1n) is 5.21. The summed E-state index contributed by atoms with van der Waals surface area (Å²) < 4.78 is 1.20. The Balaban J connectivity index is 2.39. The lowest BCUT2D eigenvalue weighted by Crippen LogP contribution is -2.02. The molecule has 0 fully saturated rings. The van der Waals surface area contributed by atoms with Crippen molar-refractivity contribution in [2.24, 2.45) is 0 Å². The summed E-state index contributed by atoms with van der Waals surface area (Å²) in [4.78, 5) is 2.69. The topological polar surface area (TPSA) is 12.0 Å². The lowest BCUT2D eigenvalue weighted by molar-refractivity contribution is 0.831. The molecule has 0 aliphatic carbocycles. The van der Waals surface area contributed by atoms with Crippen molar-refractivity contribution < 1.29 is 0 Å². The van der Waals surface area contributed by atoms with Gasteiger partial charge in [0.15, 0.2) is 0 Å². The number of aryl methyl sites for hydroxylation is 1. The fourth-order valence-corrected chi connectivity index (χ4v) is 3.29. The Labute approximate surface area is 109 Å². The highest BCUT2D eigenvalue weighted by atomic mass is 79.9. The van der Waals surface area contributed by atoms with Crippen LogP contribution in [0.15, 0.2) is 34.8 Å². The lowest BCUT2D eigenvalue weighted by Gasteiger charge is -2.04. The summed E-state index contributed by atoms with van der Waals surface area (Å²) in [5, 5.41) is 3.17. The SMILES string of the molecule is CNCc1ccc(-c2cccc(C)c2Br)s1. The van der Waals surface area contributed by atoms with Crippen LogP contribution in [0.4, 0.5) is 0 Å². The number of rotatable bonds is 3. The van der Waals surface area contributed by atoms with Gasteiger partial charge in [-0.3, -0.25) is 0 Å². The molecule has 2 aromatic rings. The number of benzene rings is 1. The maximum Gasteiger partial charge on any atom is 0.0357 e. The standard InChI is InChI=1S/C13H14BrNS/c1-9-4-3-5-11(13(9)14)12-7-6-10(16-12)8-15-2/h3-7,15H,8H2,1-2H3. The molecule has 0 amide bonds. The van der Waals surface area contributed by atoms with Crippen LogP contribution in [0, 0.1) is 6.92 Å². The molecule has 0 aliphatic heterocycles. The van der Waals surface area contributed by atoms with Crippen LogP contribution in [0.25, 0.3) is 10.4 Å². The van der Waals surface area contributed by atoms with Crippen LogP contribution < -0.4 is 5.32 Å². The van der Waals surface area contributed by atoms with Gasteiger partial charge in [-0.1, -0.05) is 18.2 Å². The van der Waals surface area contributed by atoms with Crippen molar-refractivity contribution in [1.29, 1.82) is 0 Å². The molecule has 2 rings (SSSR count). The molecule has 0 spiro atoms. The molecule has 1 aromatic heterocycles. The smallest absolute Gasteiger partial charge is 0.0357 e. The second kappa shape index (κ2) is 5.13. The average Bonchev–Trinajstić information content (AvgIpc) is 2.71. The first kappa shape index (κ1) is 11.8. The zero-order chi connectivity index (χ0) is 11.5. The zero-order valence-corrected chi connectivity index (χ0v) is 11.8. The van der Waals surface area contributed by atoms with E-state index in [0.29, 0.717) is 0 Å². The summed E-state index contributed by atoms with van der Waals surface area (Å²) in [6, 6.07) is 10.8. The molecule has 0 unspecified atom stereocenters. The molecular weight excluding hydrogens is 282 g/mol. The van der Waals surface area contributed by atoms with Crippen molar-refractivity contribution in [1.82, 2.24) is 5.32 Å². The van der Waals surface area contributed by atoms with E-state index in [2.05, 4.69) is 58.5 Å². The Morgan fingerprint density at radius 3 is 2.81 bits per heavy atom. The summed E-state index contributed by atoms with van der Waals surface area (Å²) in [5.74, 6) is 0. The van der Waals surface area contributed by atoms with Gasteiger partial charge in [-0.2, -0.15) is 0 Å². The summed E-state index contributed by atoms with van der Waals surface area (Å²) in [6.45, 7) is 3.06. The van der Waals surface area contributed by atoms with Gasteiger partial charge in [0.1, 0.15) is 0 Å². The van der Waals surface area contributed by atoms with Crippen molar-refractivity contribution in [2.45, 2.75) is 13.5 Å². The Bertz CT molecular complexity index is 490. The van der Waals surface area contributed by atoms with Crippen molar-refractivity contribution in [3.05, 3.63) is 45.2 Å². The summed E-state index contributed by atoms with van der Waals surface area (Å²) in [6.07, 6.45) is 0. The quantitative estimate of drug-likeness (QED) is 0.895. The molecule has 1 nitrogen and oxygen atoms in total. The number of halogens is 1. The Morgan fingerprint density at radius 2 is 2.06 bits per heavy atom. The van der Waals surface area contributed by atoms with Gasteiger partial charge in [-0.05, 0) is 47.6 Å². The number of nitrogens with one attached hydrogen (secondary N) is 1. The second-order valence-corrected chi connectivity index (χ2v) is 5.69. The number of hydrogen-bond acceptors (Lipinski definition) is 2. The molecule has 0 saturated carbocycles. The maximum absolute atomic E-state index is 3.66. The first-order valence-corrected chi connectivity index (χ1v) is 6.82. The van der Waals surface area contributed by atoms with E-state index in [1.807, 2.05) is 18.4 Å². The second-order valence-electron chi connectivity index (χ2n) is 3.73. The summed E-state index contributed by atoms with van der Waals surface area (Å²) >= 11 is 5.50. The molecule has 0 radical (unpaired) electrons. The maximum atomic E-state index is 3.66. The molecule has 0 atom stereocenters. The molecule has 0 bridgehead atoms. The molecular formula is C13H14BrNS. The van der Waals surface area contributed by atoms with E-state index in [9.17, 15) is 0 Å². The largest absolute Gasteiger partial charge is 0.315 e. The third kappa shape index (κ3) is 2.37. The van der Waals surface area contributed by atoms with Gasteiger partial charge in [0.25, 0.3) is 0 Å². The first-order chi connectivity index (χ1) is 7.72. The lowest BCUT2D eigenvalue weighted by atomic mass is 10.1. The van der Waals surface area contributed by atoms with Crippen molar-refractivity contribution in [3.8, 4) is 10.4 Å². The molecule has 1 aromatic carbocycles. The molecule has 3 heteroatoms. The van der Waals surface area contributed by atoms with Gasteiger partial charge >= 0.3 is 0 Å². The van der Waals surface area contributed by atoms with Crippen LogP contribution in [0.2, 0.25) is 0 Å². The average molecular weight is 296 g/mol. The van der Waals surface area contributed by atoms with E-state index in [0.717, 1.165) is 6.54 Å². The number of hydrogen-bond donors (Lipinski definition) is 1. The highest BCUT2D eigenvalue weighted by Crippen LogP contribution is 2.35. The van der Waals surface area contributed by atoms with Gasteiger partial charge < -0.3 is 5.32 Å². The minimum Gasteiger partial charge on any atom is -0.315 e. The van der Waals surface area contributed by atoms with E-state index in [1.54, 1.807) is 0 Å². The molecule has 0 saturated heterocycles. The van der Waals surface area contributed by atoms with Crippen LogP contribution in [0.3, 0.4) is 0 Å². The van der Waals surface area contributed by atoms with E-state index in [4.69, 9.17) is 0 Å². The zero-order valence-electron chi connectivity index (χ0n) is 9.38. The Kier molecular flexibility index (Phi) is 3.79. The third-order valence-electron chi connectivity index (χ3n) is 2.47. The Hall–Kier alpha value is -0.640.